The fraction of sp³-hybridized carbons (Fsp3) is 0.571. The van der Waals surface area contributed by atoms with Gasteiger partial charge in [-0.05, 0) is 43.4 Å². The van der Waals surface area contributed by atoms with Crippen molar-refractivity contribution in [3.8, 4) is 0 Å². The van der Waals surface area contributed by atoms with Crippen LogP contribution in [0.2, 0.25) is 0 Å². The van der Waals surface area contributed by atoms with Crippen LogP contribution in [0.25, 0.3) is 0 Å². The van der Waals surface area contributed by atoms with E-state index in [1.165, 1.54) is 5.69 Å². The molecular formula is C14H21BrN2O. The van der Waals surface area contributed by atoms with E-state index in [9.17, 15) is 0 Å². The van der Waals surface area contributed by atoms with Crippen molar-refractivity contribution < 1.29 is 5.11 Å². The molecule has 0 bridgehead atoms. The molecule has 1 aliphatic heterocycles. The summed E-state index contributed by atoms with van der Waals surface area (Å²) in [4.78, 5) is 2.38. The van der Waals surface area contributed by atoms with Crippen LogP contribution in [0.3, 0.4) is 0 Å². The van der Waals surface area contributed by atoms with Crippen molar-refractivity contribution in [2.75, 3.05) is 24.6 Å². The lowest BCUT2D eigenvalue weighted by Crippen LogP contribution is -2.34. The van der Waals surface area contributed by atoms with Gasteiger partial charge in [0.05, 0.1) is 0 Å². The molecule has 2 rings (SSSR count). The molecule has 1 saturated heterocycles. The van der Waals surface area contributed by atoms with Gasteiger partial charge >= 0.3 is 0 Å². The summed E-state index contributed by atoms with van der Waals surface area (Å²) in [5.41, 5.74) is 8.29. The van der Waals surface area contributed by atoms with Crippen LogP contribution in [0.1, 0.15) is 31.4 Å². The maximum absolute atomic E-state index is 9.15. The number of anilines is 1. The second-order valence-electron chi connectivity index (χ2n) is 5.11. The molecule has 0 aromatic heterocycles. The van der Waals surface area contributed by atoms with Crippen LogP contribution in [0, 0.1) is 5.92 Å². The summed E-state index contributed by atoms with van der Waals surface area (Å²) in [7, 11) is 0. The minimum Gasteiger partial charge on any atom is -0.396 e. The lowest BCUT2D eigenvalue weighted by atomic mass is 9.97. The minimum absolute atomic E-state index is 0.0496. The van der Waals surface area contributed by atoms with E-state index in [0.29, 0.717) is 12.5 Å². The molecule has 100 valence electrons. The van der Waals surface area contributed by atoms with Gasteiger partial charge in [0.15, 0.2) is 0 Å². The fourth-order valence-corrected chi connectivity index (χ4v) is 3.18. The van der Waals surface area contributed by atoms with Gasteiger partial charge in [-0.1, -0.05) is 22.0 Å². The number of hydrogen-bond donors (Lipinski definition) is 2. The highest BCUT2D eigenvalue weighted by Gasteiger charge is 2.19. The van der Waals surface area contributed by atoms with Crippen molar-refractivity contribution in [2.45, 2.75) is 25.8 Å². The maximum atomic E-state index is 9.15. The topological polar surface area (TPSA) is 49.5 Å². The van der Waals surface area contributed by atoms with E-state index in [-0.39, 0.29) is 6.04 Å². The van der Waals surface area contributed by atoms with Crippen molar-refractivity contribution in [3.05, 3.63) is 28.2 Å². The van der Waals surface area contributed by atoms with E-state index in [2.05, 4.69) is 39.0 Å². The molecule has 4 heteroatoms. The van der Waals surface area contributed by atoms with Crippen LogP contribution in [0.15, 0.2) is 22.7 Å². The molecule has 18 heavy (non-hydrogen) atoms. The molecule has 1 aromatic carbocycles. The molecule has 0 spiro atoms. The Morgan fingerprint density at radius 3 is 2.61 bits per heavy atom. The summed E-state index contributed by atoms with van der Waals surface area (Å²) in [6, 6.07) is 6.44. The predicted octanol–water partition coefficient (Wildman–Crippen LogP) is 2.68. The largest absolute Gasteiger partial charge is 0.396 e. The van der Waals surface area contributed by atoms with E-state index >= 15 is 0 Å². The van der Waals surface area contributed by atoms with Gasteiger partial charge in [0.1, 0.15) is 0 Å². The van der Waals surface area contributed by atoms with Gasteiger partial charge in [0.25, 0.3) is 0 Å². The number of halogens is 1. The van der Waals surface area contributed by atoms with E-state index in [0.717, 1.165) is 36.0 Å². The van der Waals surface area contributed by atoms with Gasteiger partial charge in [-0.25, -0.2) is 0 Å². The molecular weight excluding hydrogens is 292 g/mol. The van der Waals surface area contributed by atoms with Crippen LogP contribution < -0.4 is 10.6 Å². The molecule has 3 N–H and O–H groups in total. The van der Waals surface area contributed by atoms with Crippen molar-refractivity contribution in [2.24, 2.45) is 11.7 Å². The monoisotopic (exact) mass is 312 g/mol. The minimum atomic E-state index is 0.0496. The van der Waals surface area contributed by atoms with Crippen molar-refractivity contribution in [1.82, 2.24) is 0 Å². The summed E-state index contributed by atoms with van der Waals surface area (Å²) in [5, 5.41) is 9.15. The summed E-state index contributed by atoms with van der Waals surface area (Å²) in [6.45, 7) is 4.36. The Labute approximate surface area is 117 Å². The van der Waals surface area contributed by atoms with Crippen LogP contribution in [-0.2, 0) is 0 Å². The quantitative estimate of drug-likeness (QED) is 0.902. The first kappa shape index (κ1) is 13.8. The molecule has 1 atom stereocenters. The third-order valence-corrected chi connectivity index (χ3v) is 4.40. The first-order chi connectivity index (χ1) is 8.61. The molecule has 1 aromatic rings. The number of aliphatic hydroxyl groups excluding tert-OH is 1. The summed E-state index contributed by atoms with van der Waals surface area (Å²) < 4.78 is 1.08. The number of benzene rings is 1. The molecule has 1 fully saturated rings. The second-order valence-corrected chi connectivity index (χ2v) is 5.96. The second kappa shape index (κ2) is 6.04. The Morgan fingerprint density at radius 2 is 2.11 bits per heavy atom. The summed E-state index contributed by atoms with van der Waals surface area (Å²) in [6.07, 6.45) is 2.15. The highest BCUT2D eigenvalue weighted by atomic mass is 79.9. The Bertz CT molecular complexity index is 401. The number of hydrogen-bond acceptors (Lipinski definition) is 3. The zero-order valence-corrected chi connectivity index (χ0v) is 12.4. The summed E-state index contributed by atoms with van der Waals surface area (Å²) >= 11 is 3.59. The third kappa shape index (κ3) is 3.05. The van der Waals surface area contributed by atoms with Crippen LogP contribution >= 0.6 is 15.9 Å². The van der Waals surface area contributed by atoms with Crippen LogP contribution in [-0.4, -0.2) is 24.8 Å². The highest BCUT2D eigenvalue weighted by molar-refractivity contribution is 9.10. The normalized spacial score (nSPS) is 19.0. The third-order valence-electron chi connectivity index (χ3n) is 3.71. The zero-order chi connectivity index (χ0) is 13.1. The van der Waals surface area contributed by atoms with Gasteiger partial charge in [0.2, 0.25) is 0 Å². The Balaban J connectivity index is 2.08. The van der Waals surface area contributed by atoms with Crippen LogP contribution in [0.4, 0.5) is 5.69 Å². The van der Waals surface area contributed by atoms with Gasteiger partial charge in [-0.2, -0.15) is 0 Å². The van der Waals surface area contributed by atoms with Gasteiger partial charge in [-0.15, -0.1) is 0 Å². The first-order valence-electron chi connectivity index (χ1n) is 6.52. The Hall–Kier alpha value is -0.580. The van der Waals surface area contributed by atoms with Gasteiger partial charge in [0, 0.05) is 35.9 Å². The van der Waals surface area contributed by atoms with Crippen molar-refractivity contribution in [1.29, 1.82) is 0 Å². The van der Waals surface area contributed by atoms with Gasteiger partial charge in [-0.3, -0.25) is 0 Å². The zero-order valence-electron chi connectivity index (χ0n) is 10.8. The van der Waals surface area contributed by atoms with Crippen molar-refractivity contribution in [3.63, 3.8) is 0 Å². The van der Waals surface area contributed by atoms with Gasteiger partial charge < -0.3 is 15.7 Å². The SMILES string of the molecule is C[C@@H](N)c1ccc(N2CCC(CO)CC2)cc1Br. The molecule has 3 nitrogen and oxygen atoms in total. The lowest BCUT2D eigenvalue weighted by Gasteiger charge is -2.33. The van der Waals surface area contributed by atoms with Crippen molar-refractivity contribution >= 4 is 21.6 Å². The maximum Gasteiger partial charge on any atom is 0.0460 e. The first-order valence-corrected chi connectivity index (χ1v) is 7.32. The number of aliphatic hydroxyl groups is 1. The number of nitrogens with zero attached hydrogens (tertiary/aromatic N) is 1. The van der Waals surface area contributed by atoms with E-state index in [1.807, 2.05) is 6.92 Å². The van der Waals surface area contributed by atoms with E-state index in [4.69, 9.17) is 10.8 Å². The lowest BCUT2D eigenvalue weighted by molar-refractivity contribution is 0.203. The Morgan fingerprint density at radius 1 is 1.44 bits per heavy atom. The Kier molecular flexibility index (Phi) is 4.65. The number of rotatable bonds is 3. The number of piperidine rings is 1. The van der Waals surface area contributed by atoms with Crippen LogP contribution in [0.5, 0.6) is 0 Å². The molecule has 0 unspecified atom stereocenters. The van der Waals surface area contributed by atoms with E-state index in [1.54, 1.807) is 0 Å². The molecule has 0 saturated carbocycles. The smallest absolute Gasteiger partial charge is 0.0460 e. The molecule has 0 aliphatic carbocycles. The molecule has 1 aliphatic rings. The predicted molar refractivity (Wildman–Crippen MR) is 78.8 cm³/mol. The molecule has 1 heterocycles. The standard InChI is InChI=1S/C14H21BrN2O/c1-10(16)13-3-2-12(8-14(13)15)17-6-4-11(9-18)5-7-17/h2-3,8,10-11,18H,4-7,9,16H2,1H3/t10-/m1/s1. The highest BCUT2D eigenvalue weighted by Crippen LogP contribution is 2.29. The molecule has 0 radical (unpaired) electrons. The van der Waals surface area contributed by atoms with E-state index < -0.39 is 0 Å². The fourth-order valence-electron chi connectivity index (χ4n) is 2.46. The average Bonchev–Trinajstić information content (AvgIpc) is 2.38. The average molecular weight is 313 g/mol. The summed E-state index contributed by atoms with van der Waals surface area (Å²) in [5.74, 6) is 0.480. The molecule has 0 amide bonds. The number of nitrogens with two attached hydrogens (primary N) is 1.